The van der Waals surface area contributed by atoms with Crippen LogP contribution in [0.3, 0.4) is 0 Å². The maximum Gasteiger partial charge on any atom is 0.336 e. The lowest BCUT2D eigenvalue weighted by atomic mass is 10.0. The van der Waals surface area contributed by atoms with Crippen molar-refractivity contribution in [2.24, 2.45) is 4.99 Å². The van der Waals surface area contributed by atoms with Crippen molar-refractivity contribution in [3.8, 4) is 0 Å². The van der Waals surface area contributed by atoms with Crippen molar-refractivity contribution in [2.75, 3.05) is 0 Å². The van der Waals surface area contributed by atoms with Gasteiger partial charge in [0.2, 0.25) is 0 Å². The lowest BCUT2D eigenvalue weighted by molar-refractivity contribution is 0.0696. The fourth-order valence-corrected chi connectivity index (χ4v) is 2.66. The van der Waals surface area contributed by atoms with E-state index in [9.17, 15) is 14.7 Å². The van der Waals surface area contributed by atoms with E-state index in [1.54, 1.807) is 60.7 Å². The Morgan fingerprint density at radius 3 is 2.31 bits per heavy atom. The van der Waals surface area contributed by atoms with Gasteiger partial charge in [0, 0.05) is 27.9 Å². The molecule has 0 atom stereocenters. The summed E-state index contributed by atoms with van der Waals surface area (Å²) in [6.07, 6.45) is 1.44. The molecule has 0 bridgehead atoms. The minimum atomic E-state index is -1.04. The number of nitrogens with zero attached hydrogens (tertiary/aromatic N) is 1. The Bertz CT molecular complexity index is 997. The number of carbonyl (C=O) groups excluding carboxylic acids is 1. The zero-order chi connectivity index (χ0) is 18.5. The molecule has 0 saturated carbocycles. The molecule has 0 unspecified atom stereocenters. The Labute approximate surface area is 155 Å². The Morgan fingerprint density at radius 2 is 1.58 bits per heavy atom. The van der Waals surface area contributed by atoms with Crippen molar-refractivity contribution >= 4 is 35.3 Å². The molecule has 0 heterocycles. The van der Waals surface area contributed by atoms with Gasteiger partial charge in [-0.25, -0.2) is 4.79 Å². The van der Waals surface area contributed by atoms with Gasteiger partial charge in [-0.2, -0.15) is 0 Å². The maximum absolute atomic E-state index is 12.8. The van der Waals surface area contributed by atoms with E-state index in [0.717, 1.165) is 0 Å². The van der Waals surface area contributed by atoms with E-state index in [1.165, 1.54) is 12.3 Å². The highest BCUT2D eigenvalue weighted by Crippen LogP contribution is 2.26. The Hall–Kier alpha value is -3.24. The predicted octanol–water partition coefficient (Wildman–Crippen LogP) is 5.02. The van der Waals surface area contributed by atoms with Gasteiger partial charge in [0.15, 0.2) is 5.78 Å². The monoisotopic (exact) mass is 363 g/mol. The van der Waals surface area contributed by atoms with E-state index in [-0.39, 0.29) is 11.3 Å². The number of ketones is 1. The third-order valence-corrected chi connectivity index (χ3v) is 4.01. The van der Waals surface area contributed by atoms with Gasteiger partial charge in [0.1, 0.15) is 0 Å². The van der Waals surface area contributed by atoms with Gasteiger partial charge in [-0.3, -0.25) is 9.79 Å². The molecule has 0 fully saturated rings. The van der Waals surface area contributed by atoms with E-state index in [2.05, 4.69) is 4.99 Å². The smallest absolute Gasteiger partial charge is 0.336 e. The molecular formula is C21H14ClNO3. The van der Waals surface area contributed by atoms with Gasteiger partial charge in [-0.05, 0) is 24.3 Å². The minimum Gasteiger partial charge on any atom is -0.478 e. The Morgan fingerprint density at radius 1 is 0.885 bits per heavy atom. The van der Waals surface area contributed by atoms with Crippen LogP contribution < -0.4 is 0 Å². The number of rotatable bonds is 5. The van der Waals surface area contributed by atoms with Crippen LogP contribution in [0.5, 0.6) is 0 Å². The van der Waals surface area contributed by atoms with Crippen LogP contribution in [0.25, 0.3) is 0 Å². The van der Waals surface area contributed by atoms with Crippen LogP contribution in [0.1, 0.15) is 31.8 Å². The molecule has 5 heteroatoms. The van der Waals surface area contributed by atoms with Crippen molar-refractivity contribution in [3.05, 3.63) is 100 Å². The molecule has 0 aromatic heterocycles. The molecule has 0 amide bonds. The summed E-state index contributed by atoms with van der Waals surface area (Å²) in [7, 11) is 0. The van der Waals surface area contributed by atoms with Gasteiger partial charge in [0.05, 0.1) is 11.3 Å². The summed E-state index contributed by atoms with van der Waals surface area (Å²) in [5.74, 6) is -1.24. The second-order valence-electron chi connectivity index (χ2n) is 5.51. The molecule has 0 radical (unpaired) electrons. The largest absolute Gasteiger partial charge is 0.478 e. The molecule has 0 saturated heterocycles. The molecule has 1 N–H and O–H groups in total. The second-order valence-corrected chi connectivity index (χ2v) is 5.94. The highest BCUT2D eigenvalue weighted by atomic mass is 35.5. The van der Waals surface area contributed by atoms with Crippen LogP contribution >= 0.6 is 11.6 Å². The van der Waals surface area contributed by atoms with E-state index in [1.807, 2.05) is 6.07 Å². The number of hydrogen-bond acceptors (Lipinski definition) is 3. The molecule has 0 spiro atoms. The molecule has 3 aromatic rings. The first-order valence-corrected chi connectivity index (χ1v) is 8.20. The fraction of sp³-hybridized carbons (Fsp3) is 0. The Kier molecular flexibility index (Phi) is 5.25. The summed E-state index contributed by atoms with van der Waals surface area (Å²) in [6.45, 7) is 0. The normalized spacial score (nSPS) is 10.8. The van der Waals surface area contributed by atoms with E-state index in [4.69, 9.17) is 11.6 Å². The van der Waals surface area contributed by atoms with Gasteiger partial charge in [-0.15, -0.1) is 0 Å². The van der Waals surface area contributed by atoms with Crippen molar-refractivity contribution < 1.29 is 14.7 Å². The quantitative estimate of drug-likeness (QED) is 0.511. The predicted molar refractivity (Wildman–Crippen MR) is 102 cm³/mol. The van der Waals surface area contributed by atoms with Crippen LogP contribution in [0.15, 0.2) is 77.8 Å². The summed E-state index contributed by atoms with van der Waals surface area (Å²) in [4.78, 5) is 28.4. The zero-order valence-electron chi connectivity index (χ0n) is 13.6. The van der Waals surface area contributed by atoms with E-state index >= 15 is 0 Å². The number of halogens is 1. The van der Waals surface area contributed by atoms with Gasteiger partial charge in [0.25, 0.3) is 0 Å². The third-order valence-electron chi connectivity index (χ3n) is 3.77. The summed E-state index contributed by atoms with van der Waals surface area (Å²) < 4.78 is 0. The topological polar surface area (TPSA) is 66.7 Å². The first-order valence-electron chi connectivity index (χ1n) is 7.82. The van der Waals surface area contributed by atoms with Gasteiger partial charge >= 0.3 is 5.97 Å². The van der Waals surface area contributed by atoms with Crippen LogP contribution in [-0.4, -0.2) is 23.1 Å². The Balaban J connectivity index is 2.02. The first kappa shape index (κ1) is 17.6. The van der Waals surface area contributed by atoms with Crippen molar-refractivity contribution in [2.45, 2.75) is 0 Å². The summed E-state index contributed by atoms with van der Waals surface area (Å²) in [5.41, 5.74) is 1.89. The molecule has 26 heavy (non-hydrogen) atoms. The summed E-state index contributed by atoms with van der Waals surface area (Å²) in [5, 5.41) is 9.68. The zero-order valence-corrected chi connectivity index (χ0v) is 14.4. The molecule has 3 rings (SSSR count). The summed E-state index contributed by atoms with van der Waals surface area (Å²) >= 11 is 6.05. The number of benzene rings is 3. The number of carbonyl (C=O) groups is 2. The molecule has 0 aliphatic rings. The van der Waals surface area contributed by atoms with E-state index < -0.39 is 5.97 Å². The highest BCUT2D eigenvalue weighted by molar-refractivity contribution is 6.31. The standard InChI is InChI=1S/C21H14ClNO3/c22-16-10-11-19(18(12-16)20(24)14-6-2-1-3-7-14)23-13-15-8-4-5-9-17(15)21(25)26/h1-13H,(H,25,26). The second kappa shape index (κ2) is 7.76. The van der Waals surface area contributed by atoms with Gasteiger partial charge in [-0.1, -0.05) is 60.1 Å². The number of carboxylic acid groups (broad SMARTS) is 1. The number of aliphatic imine (C=N–C) groups is 1. The van der Waals surface area contributed by atoms with Gasteiger partial charge < -0.3 is 5.11 Å². The first-order chi connectivity index (χ1) is 12.6. The van der Waals surface area contributed by atoms with Crippen LogP contribution in [0, 0.1) is 0 Å². The molecule has 3 aromatic carbocycles. The van der Waals surface area contributed by atoms with Crippen molar-refractivity contribution in [1.82, 2.24) is 0 Å². The van der Waals surface area contributed by atoms with Crippen LogP contribution in [-0.2, 0) is 0 Å². The maximum atomic E-state index is 12.8. The lowest BCUT2D eigenvalue weighted by Crippen LogP contribution is -2.03. The number of carboxylic acids is 1. The number of aromatic carboxylic acids is 1. The minimum absolute atomic E-state index is 0.140. The molecular weight excluding hydrogens is 350 g/mol. The molecule has 0 aliphatic heterocycles. The van der Waals surface area contributed by atoms with Crippen LogP contribution in [0.2, 0.25) is 5.02 Å². The lowest BCUT2D eigenvalue weighted by Gasteiger charge is -2.06. The number of hydrogen-bond donors (Lipinski definition) is 1. The molecule has 0 aliphatic carbocycles. The summed E-state index contributed by atoms with van der Waals surface area (Å²) in [6, 6.07) is 20.2. The van der Waals surface area contributed by atoms with Crippen molar-refractivity contribution in [1.29, 1.82) is 0 Å². The average molecular weight is 364 g/mol. The third kappa shape index (κ3) is 3.87. The molecule has 128 valence electrons. The average Bonchev–Trinajstić information content (AvgIpc) is 2.67. The fourth-order valence-electron chi connectivity index (χ4n) is 2.49. The van der Waals surface area contributed by atoms with Crippen LogP contribution in [0.4, 0.5) is 5.69 Å². The SMILES string of the molecule is O=C(O)c1ccccc1C=Nc1ccc(Cl)cc1C(=O)c1ccccc1. The molecule has 4 nitrogen and oxygen atoms in total. The van der Waals surface area contributed by atoms with Crippen molar-refractivity contribution in [3.63, 3.8) is 0 Å². The highest BCUT2D eigenvalue weighted by Gasteiger charge is 2.14. The van der Waals surface area contributed by atoms with E-state index in [0.29, 0.717) is 27.4 Å².